The zero-order valence-electron chi connectivity index (χ0n) is 10.4. The van der Waals surface area contributed by atoms with Crippen LogP contribution in [0.25, 0.3) is 0 Å². The Morgan fingerprint density at radius 3 is 1.83 bits per heavy atom. The standard InChI is InChI=1S/C10H15F3O5/c1-5-8(2,3)17-7(16)18-9(4,6(14)15)10(11,12)13/h5H2,1-4H3,(H,14,15). The van der Waals surface area contributed by atoms with Gasteiger partial charge in [-0.2, -0.15) is 13.2 Å². The second kappa shape index (κ2) is 5.03. The minimum absolute atomic E-state index is 0.246. The van der Waals surface area contributed by atoms with Crippen LogP contribution in [0.15, 0.2) is 0 Å². The minimum Gasteiger partial charge on any atom is -0.478 e. The van der Waals surface area contributed by atoms with Crippen molar-refractivity contribution in [3.05, 3.63) is 0 Å². The average molecular weight is 272 g/mol. The monoisotopic (exact) mass is 272 g/mol. The van der Waals surface area contributed by atoms with Gasteiger partial charge in [0.1, 0.15) is 5.60 Å². The lowest BCUT2D eigenvalue weighted by atomic mass is 10.1. The predicted octanol–water partition coefficient (Wildman–Crippen LogP) is 2.73. The number of ether oxygens (including phenoxy) is 2. The zero-order valence-corrected chi connectivity index (χ0v) is 10.4. The first-order valence-corrected chi connectivity index (χ1v) is 5.08. The molecule has 5 nitrogen and oxygen atoms in total. The minimum atomic E-state index is -5.24. The van der Waals surface area contributed by atoms with E-state index in [0.29, 0.717) is 6.42 Å². The van der Waals surface area contributed by atoms with Crippen molar-refractivity contribution in [2.24, 2.45) is 0 Å². The first-order valence-electron chi connectivity index (χ1n) is 5.08. The average Bonchev–Trinajstić information content (AvgIpc) is 2.14. The number of aliphatic carboxylic acids is 1. The molecule has 0 aliphatic heterocycles. The molecule has 0 fully saturated rings. The summed E-state index contributed by atoms with van der Waals surface area (Å²) in [7, 11) is 0. The van der Waals surface area contributed by atoms with Crippen LogP contribution in [0, 0.1) is 0 Å². The number of hydrogen-bond donors (Lipinski definition) is 1. The van der Waals surface area contributed by atoms with Crippen molar-refractivity contribution in [2.75, 3.05) is 0 Å². The SMILES string of the molecule is CCC(C)(C)OC(=O)OC(C)(C(=O)O)C(F)(F)F. The third-order valence-corrected chi connectivity index (χ3v) is 2.45. The second-order valence-electron chi connectivity index (χ2n) is 4.40. The van der Waals surface area contributed by atoms with Gasteiger partial charge in [-0.05, 0) is 27.2 Å². The molecule has 0 aromatic carbocycles. The Morgan fingerprint density at radius 1 is 1.11 bits per heavy atom. The summed E-state index contributed by atoms with van der Waals surface area (Å²) in [4.78, 5) is 21.8. The van der Waals surface area contributed by atoms with Crippen LogP contribution >= 0.6 is 0 Å². The van der Waals surface area contributed by atoms with Crippen LogP contribution in [0.2, 0.25) is 0 Å². The molecule has 0 saturated carbocycles. The van der Waals surface area contributed by atoms with Gasteiger partial charge in [-0.25, -0.2) is 9.59 Å². The summed E-state index contributed by atoms with van der Waals surface area (Å²) in [5.74, 6) is -2.32. The molecule has 0 aliphatic rings. The predicted molar refractivity (Wildman–Crippen MR) is 54.0 cm³/mol. The Kier molecular flexibility index (Phi) is 4.62. The van der Waals surface area contributed by atoms with Crippen molar-refractivity contribution in [3.63, 3.8) is 0 Å². The highest BCUT2D eigenvalue weighted by Gasteiger charge is 2.61. The maximum Gasteiger partial charge on any atom is 0.510 e. The van der Waals surface area contributed by atoms with Crippen molar-refractivity contribution >= 4 is 12.1 Å². The lowest BCUT2D eigenvalue weighted by molar-refractivity contribution is -0.259. The Labute approximate surface area is 102 Å². The molecule has 1 atom stereocenters. The number of carbonyl (C=O) groups is 2. The van der Waals surface area contributed by atoms with Crippen LogP contribution in [-0.2, 0) is 14.3 Å². The van der Waals surface area contributed by atoms with Crippen LogP contribution in [0.1, 0.15) is 34.1 Å². The smallest absolute Gasteiger partial charge is 0.478 e. The Balaban J connectivity index is 4.95. The quantitative estimate of drug-likeness (QED) is 0.796. The molecule has 0 aromatic heterocycles. The van der Waals surface area contributed by atoms with Crippen molar-refractivity contribution in [2.45, 2.75) is 51.5 Å². The summed E-state index contributed by atoms with van der Waals surface area (Å²) in [6, 6.07) is 0. The van der Waals surface area contributed by atoms with Gasteiger partial charge in [0, 0.05) is 0 Å². The van der Waals surface area contributed by atoms with Crippen LogP contribution in [0.3, 0.4) is 0 Å². The number of carboxylic acid groups (broad SMARTS) is 1. The Hall–Kier alpha value is -1.47. The van der Waals surface area contributed by atoms with Crippen molar-refractivity contribution in [1.29, 1.82) is 0 Å². The van der Waals surface area contributed by atoms with E-state index >= 15 is 0 Å². The van der Waals surface area contributed by atoms with Gasteiger partial charge in [0.2, 0.25) is 0 Å². The first kappa shape index (κ1) is 16.5. The molecule has 1 unspecified atom stereocenters. The third kappa shape index (κ3) is 3.78. The van der Waals surface area contributed by atoms with Gasteiger partial charge >= 0.3 is 23.9 Å². The normalized spacial score (nSPS) is 15.7. The van der Waals surface area contributed by atoms with E-state index in [4.69, 9.17) is 5.11 Å². The number of carboxylic acids is 1. The molecule has 0 heterocycles. The summed E-state index contributed by atoms with van der Waals surface area (Å²) >= 11 is 0. The van der Waals surface area contributed by atoms with Gasteiger partial charge in [-0.3, -0.25) is 0 Å². The van der Waals surface area contributed by atoms with Crippen LogP contribution in [0.4, 0.5) is 18.0 Å². The van der Waals surface area contributed by atoms with Crippen LogP contribution < -0.4 is 0 Å². The maximum absolute atomic E-state index is 12.5. The summed E-state index contributed by atoms with van der Waals surface area (Å²) < 4.78 is 46.1. The summed E-state index contributed by atoms with van der Waals surface area (Å²) in [5.41, 5.74) is -4.67. The number of halogens is 3. The number of rotatable bonds is 4. The van der Waals surface area contributed by atoms with E-state index in [1.807, 2.05) is 0 Å². The molecule has 0 saturated heterocycles. The van der Waals surface area contributed by atoms with Crippen molar-refractivity contribution in [1.82, 2.24) is 0 Å². The van der Waals surface area contributed by atoms with E-state index in [-0.39, 0.29) is 6.92 Å². The highest BCUT2D eigenvalue weighted by Crippen LogP contribution is 2.34. The van der Waals surface area contributed by atoms with Crippen LogP contribution in [0.5, 0.6) is 0 Å². The molecule has 18 heavy (non-hydrogen) atoms. The molecule has 106 valence electrons. The highest BCUT2D eigenvalue weighted by molar-refractivity contribution is 5.81. The molecule has 1 N–H and O–H groups in total. The second-order valence-corrected chi connectivity index (χ2v) is 4.40. The van der Waals surface area contributed by atoms with Gasteiger partial charge in [-0.1, -0.05) is 6.92 Å². The molecular weight excluding hydrogens is 257 g/mol. The fraction of sp³-hybridized carbons (Fsp3) is 0.800. The first-order chi connectivity index (χ1) is 7.85. The Bertz CT molecular complexity index is 337. The summed E-state index contributed by atoms with van der Waals surface area (Å²) in [6.07, 6.45) is -6.59. The molecule has 0 aliphatic carbocycles. The van der Waals surface area contributed by atoms with Crippen LogP contribution in [-0.4, -0.2) is 34.6 Å². The molecule has 0 rings (SSSR count). The summed E-state index contributed by atoms with van der Waals surface area (Å²) in [5, 5.41) is 8.52. The zero-order chi connectivity index (χ0) is 14.8. The van der Waals surface area contributed by atoms with E-state index in [9.17, 15) is 22.8 Å². The molecule has 0 amide bonds. The fourth-order valence-electron chi connectivity index (χ4n) is 0.708. The van der Waals surface area contributed by atoms with E-state index in [1.165, 1.54) is 13.8 Å². The van der Waals surface area contributed by atoms with E-state index < -0.39 is 29.5 Å². The van der Waals surface area contributed by atoms with E-state index in [1.54, 1.807) is 6.92 Å². The Morgan fingerprint density at radius 2 is 1.56 bits per heavy atom. The van der Waals surface area contributed by atoms with E-state index in [2.05, 4.69) is 9.47 Å². The van der Waals surface area contributed by atoms with Gasteiger partial charge in [0.15, 0.2) is 0 Å². The third-order valence-electron chi connectivity index (χ3n) is 2.45. The lowest BCUT2D eigenvalue weighted by Crippen LogP contribution is -2.53. The summed E-state index contributed by atoms with van der Waals surface area (Å²) in [6.45, 7) is 4.81. The molecule has 0 radical (unpaired) electrons. The maximum atomic E-state index is 12.5. The molecular formula is C10H15F3O5. The molecule has 0 aromatic rings. The highest BCUT2D eigenvalue weighted by atomic mass is 19.4. The number of carbonyl (C=O) groups excluding carboxylic acids is 1. The van der Waals surface area contributed by atoms with Gasteiger partial charge < -0.3 is 14.6 Å². The molecule has 0 bridgehead atoms. The number of alkyl halides is 3. The fourth-order valence-corrected chi connectivity index (χ4v) is 0.708. The van der Waals surface area contributed by atoms with Gasteiger partial charge in [-0.15, -0.1) is 0 Å². The van der Waals surface area contributed by atoms with Gasteiger partial charge in [0.05, 0.1) is 0 Å². The van der Waals surface area contributed by atoms with E-state index in [0.717, 1.165) is 0 Å². The van der Waals surface area contributed by atoms with Crippen molar-refractivity contribution in [3.8, 4) is 0 Å². The largest absolute Gasteiger partial charge is 0.510 e. The topological polar surface area (TPSA) is 72.8 Å². The molecule has 0 spiro atoms. The molecule has 8 heteroatoms. The lowest BCUT2D eigenvalue weighted by Gasteiger charge is -2.29. The number of hydrogen-bond acceptors (Lipinski definition) is 4. The van der Waals surface area contributed by atoms with Crippen molar-refractivity contribution < 1.29 is 37.3 Å². The van der Waals surface area contributed by atoms with Gasteiger partial charge in [0.25, 0.3) is 0 Å².